The summed E-state index contributed by atoms with van der Waals surface area (Å²) in [5.74, 6) is 2.00. The summed E-state index contributed by atoms with van der Waals surface area (Å²) >= 11 is 1.60. The molecule has 0 radical (unpaired) electrons. The molecule has 1 N–H and O–H groups in total. The molecule has 2 heterocycles. The summed E-state index contributed by atoms with van der Waals surface area (Å²) in [6.07, 6.45) is 1.13. The van der Waals surface area contributed by atoms with Crippen molar-refractivity contribution in [1.82, 2.24) is 14.8 Å². The lowest BCUT2D eigenvalue weighted by Crippen LogP contribution is -2.29. The number of nitrogens with one attached hydrogen (secondary N) is 1. The lowest BCUT2D eigenvalue weighted by Gasteiger charge is -2.28. The van der Waals surface area contributed by atoms with Crippen LogP contribution in [0.15, 0.2) is 40.7 Å². The number of esters is 1. The molecule has 1 aliphatic rings. The van der Waals surface area contributed by atoms with Crippen molar-refractivity contribution >= 4 is 23.7 Å². The van der Waals surface area contributed by atoms with Gasteiger partial charge < -0.3 is 14.8 Å². The molecule has 0 bridgehead atoms. The molecule has 7 nitrogen and oxygen atoms in total. The Hall–Kier alpha value is -2.48. The van der Waals surface area contributed by atoms with Gasteiger partial charge in [0, 0.05) is 11.4 Å². The van der Waals surface area contributed by atoms with Crippen molar-refractivity contribution in [1.29, 1.82) is 0 Å². The maximum atomic E-state index is 12.8. The Morgan fingerprint density at radius 3 is 2.62 bits per heavy atom. The van der Waals surface area contributed by atoms with Gasteiger partial charge in [0.1, 0.15) is 11.8 Å². The Morgan fingerprint density at radius 1 is 1.28 bits per heavy atom. The van der Waals surface area contributed by atoms with E-state index in [4.69, 9.17) is 9.47 Å². The van der Waals surface area contributed by atoms with E-state index < -0.39 is 6.04 Å². The highest BCUT2D eigenvalue weighted by Crippen LogP contribution is 2.37. The van der Waals surface area contributed by atoms with E-state index in [1.807, 2.05) is 45.0 Å². The van der Waals surface area contributed by atoms with Gasteiger partial charge in [0.2, 0.25) is 11.1 Å². The number of thioether (sulfide) groups is 1. The first-order chi connectivity index (χ1) is 13.9. The molecule has 2 aromatic rings. The average molecular weight is 417 g/mol. The molecule has 3 rings (SSSR count). The first-order valence-corrected chi connectivity index (χ1v) is 10.9. The van der Waals surface area contributed by atoms with Crippen molar-refractivity contribution in [2.45, 2.75) is 58.3 Å². The molecule has 1 aliphatic heterocycles. The van der Waals surface area contributed by atoms with E-state index in [9.17, 15) is 4.79 Å². The number of benzene rings is 1. The monoisotopic (exact) mass is 416 g/mol. The molecule has 0 amide bonds. The minimum Gasteiger partial charge on any atom is -0.491 e. The Labute approximate surface area is 175 Å². The molecule has 156 valence electrons. The number of nitrogens with zero attached hydrogens (tertiary/aromatic N) is 3. The summed E-state index contributed by atoms with van der Waals surface area (Å²) in [5, 5.41) is 8.58. The first kappa shape index (κ1) is 21.2. The average Bonchev–Trinajstić information content (AvgIpc) is 3.08. The van der Waals surface area contributed by atoms with Gasteiger partial charge in [-0.15, -0.1) is 5.10 Å². The fourth-order valence-electron chi connectivity index (χ4n) is 3.17. The van der Waals surface area contributed by atoms with Crippen molar-refractivity contribution in [3.63, 3.8) is 0 Å². The predicted molar refractivity (Wildman–Crippen MR) is 114 cm³/mol. The van der Waals surface area contributed by atoms with Crippen molar-refractivity contribution < 1.29 is 14.3 Å². The van der Waals surface area contributed by atoms with Crippen molar-refractivity contribution in [2.75, 3.05) is 17.7 Å². The molecule has 1 aromatic carbocycles. The van der Waals surface area contributed by atoms with Gasteiger partial charge in [-0.3, -0.25) is 0 Å². The molecular formula is C21H28N4O3S. The maximum Gasteiger partial charge on any atom is 0.338 e. The van der Waals surface area contributed by atoms with E-state index in [0.29, 0.717) is 23.3 Å². The minimum absolute atomic E-state index is 0.0945. The number of allylic oxidation sites excluding steroid dienone is 1. The third-order valence-corrected chi connectivity index (χ3v) is 5.37. The van der Waals surface area contributed by atoms with Gasteiger partial charge in [-0.25, -0.2) is 9.48 Å². The van der Waals surface area contributed by atoms with Gasteiger partial charge >= 0.3 is 5.97 Å². The molecule has 29 heavy (non-hydrogen) atoms. The van der Waals surface area contributed by atoms with Crippen LogP contribution in [-0.2, 0) is 9.53 Å². The number of carbonyl (C=O) groups excluding carboxylic acids is 1. The van der Waals surface area contributed by atoms with Crippen LogP contribution in [0, 0.1) is 0 Å². The van der Waals surface area contributed by atoms with E-state index in [0.717, 1.165) is 29.2 Å². The highest BCUT2D eigenvalue weighted by Gasteiger charge is 2.35. The molecular weight excluding hydrogens is 388 g/mol. The number of aromatic nitrogens is 3. The Balaban J connectivity index is 2.03. The van der Waals surface area contributed by atoms with Gasteiger partial charge in [-0.05, 0) is 51.8 Å². The normalized spacial score (nSPS) is 15.9. The lowest BCUT2D eigenvalue weighted by molar-refractivity contribution is -0.139. The van der Waals surface area contributed by atoms with Crippen LogP contribution in [0.4, 0.5) is 5.95 Å². The second kappa shape index (κ2) is 9.35. The standard InChI is InChI=1S/C21H28N4O3S/c1-6-12-29-21-23-20-22-14(5)17(19(26)27-7-2)18(25(20)24-21)15-8-10-16(11-9-15)28-13(3)4/h8-11,13,18H,6-7,12H2,1-5H3,(H,22,23,24). The van der Waals surface area contributed by atoms with Crippen molar-refractivity contribution in [3.8, 4) is 5.75 Å². The quantitative estimate of drug-likeness (QED) is 0.504. The van der Waals surface area contributed by atoms with Crippen LogP contribution in [0.2, 0.25) is 0 Å². The summed E-state index contributed by atoms with van der Waals surface area (Å²) in [6.45, 7) is 10.1. The van der Waals surface area contributed by atoms with Gasteiger partial charge in [-0.1, -0.05) is 30.8 Å². The van der Waals surface area contributed by atoms with E-state index >= 15 is 0 Å². The summed E-state index contributed by atoms with van der Waals surface area (Å²) < 4.78 is 12.9. The molecule has 0 saturated carbocycles. The smallest absolute Gasteiger partial charge is 0.338 e. The summed E-state index contributed by atoms with van der Waals surface area (Å²) in [5.41, 5.74) is 2.18. The molecule has 0 saturated heterocycles. The number of hydrogen-bond acceptors (Lipinski definition) is 7. The number of rotatable bonds is 8. The molecule has 0 spiro atoms. The van der Waals surface area contributed by atoms with E-state index in [-0.39, 0.29) is 12.1 Å². The fraction of sp³-hybridized carbons (Fsp3) is 0.476. The zero-order valence-electron chi connectivity index (χ0n) is 17.6. The van der Waals surface area contributed by atoms with Gasteiger partial charge in [0.15, 0.2) is 0 Å². The highest BCUT2D eigenvalue weighted by molar-refractivity contribution is 7.99. The van der Waals surface area contributed by atoms with Gasteiger partial charge in [-0.2, -0.15) is 4.98 Å². The fourth-order valence-corrected chi connectivity index (χ4v) is 3.85. The zero-order chi connectivity index (χ0) is 21.0. The van der Waals surface area contributed by atoms with Gasteiger partial charge in [0.05, 0.1) is 18.3 Å². The summed E-state index contributed by atoms with van der Waals surface area (Å²) in [4.78, 5) is 17.4. The molecule has 0 fully saturated rings. The molecule has 8 heteroatoms. The highest BCUT2D eigenvalue weighted by atomic mass is 32.2. The SMILES string of the molecule is CCCSc1nc2n(n1)C(c1ccc(OC(C)C)cc1)C(C(=O)OCC)=C(C)N2. The van der Waals surface area contributed by atoms with Crippen LogP contribution in [0.25, 0.3) is 0 Å². The lowest BCUT2D eigenvalue weighted by atomic mass is 9.96. The second-order valence-electron chi connectivity index (χ2n) is 7.03. The summed E-state index contributed by atoms with van der Waals surface area (Å²) in [7, 11) is 0. The molecule has 1 aromatic heterocycles. The van der Waals surface area contributed by atoms with Crippen LogP contribution in [-0.4, -0.2) is 39.2 Å². The van der Waals surface area contributed by atoms with Crippen LogP contribution in [0.5, 0.6) is 5.75 Å². The third-order valence-electron chi connectivity index (χ3n) is 4.33. The Kier molecular flexibility index (Phi) is 6.84. The number of hydrogen-bond donors (Lipinski definition) is 1. The molecule has 1 atom stereocenters. The number of carbonyl (C=O) groups is 1. The Bertz CT molecular complexity index is 890. The van der Waals surface area contributed by atoms with Crippen molar-refractivity contribution in [2.24, 2.45) is 0 Å². The van der Waals surface area contributed by atoms with Crippen LogP contribution in [0.1, 0.15) is 52.6 Å². The number of anilines is 1. The van der Waals surface area contributed by atoms with E-state index in [1.54, 1.807) is 23.4 Å². The largest absolute Gasteiger partial charge is 0.491 e. The minimum atomic E-state index is -0.415. The first-order valence-electron chi connectivity index (χ1n) is 9.95. The van der Waals surface area contributed by atoms with Gasteiger partial charge in [0.25, 0.3) is 0 Å². The van der Waals surface area contributed by atoms with E-state index in [2.05, 4.69) is 22.3 Å². The molecule has 0 aliphatic carbocycles. The van der Waals surface area contributed by atoms with E-state index in [1.165, 1.54) is 0 Å². The summed E-state index contributed by atoms with van der Waals surface area (Å²) in [6, 6.07) is 7.34. The third kappa shape index (κ3) is 4.75. The zero-order valence-corrected chi connectivity index (χ0v) is 18.4. The predicted octanol–water partition coefficient (Wildman–Crippen LogP) is 4.42. The molecule has 1 unspecified atom stereocenters. The number of ether oxygens (including phenoxy) is 2. The second-order valence-corrected chi connectivity index (χ2v) is 8.10. The van der Waals surface area contributed by atoms with Crippen LogP contribution < -0.4 is 10.1 Å². The number of fused-ring (bicyclic) bond motifs is 1. The maximum absolute atomic E-state index is 12.8. The van der Waals surface area contributed by atoms with Crippen LogP contribution in [0.3, 0.4) is 0 Å². The topological polar surface area (TPSA) is 78.3 Å². The van der Waals surface area contributed by atoms with Crippen molar-refractivity contribution in [3.05, 3.63) is 41.1 Å². The Morgan fingerprint density at radius 2 is 2.00 bits per heavy atom. The van der Waals surface area contributed by atoms with Crippen LogP contribution >= 0.6 is 11.8 Å².